The minimum atomic E-state index is -5.04. The Morgan fingerprint density at radius 2 is 1.54 bits per heavy atom. The summed E-state index contributed by atoms with van der Waals surface area (Å²) in [6.07, 6.45) is 0. The summed E-state index contributed by atoms with van der Waals surface area (Å²) >= 11 is 0. The summed E-state index contributed by atoms with van der Waals surface area (Å²) in [5, 5.41) is 25.4. The number of allylic oxidation sites excluding steroid dienone is 1. The van der Waals surface area contributed by atoms with Gasteiger partial charge in [0.05, 0.1) is 45.8 Å². The molecule has 0 aliphatic carbocycles. The van der Waals surface area contributed by atoms with Gasteiger partial charge in [0.15, 0.2) is 9.84 Å². The predicted octanol–water partition coefficient (Wildman–Crippen LogP) is -4.86. The summed E-state index contributed by atoms with van der Waals surface area (Å²) in [5.41, 5.74) is -0.432. The number of hydrogen-bond donors (Lipinski definition) is 2. The van der Waals surface area contributed by atoms with Crippen LogP contribution in [0, 0.1) is 0 Å². The maximum atomic E-state index is 12.9. The Bertz CT molecular complexity index is 2190. The van der Waals surface area contributed by atoms with Crippen molar-refractivity contribution in [2.75, 3.05) is 23.9 Å². The van der Waals surface area contributed by atoms with Crippen molar-refractivity contribution in [2.24, 2.45) is 15.3 Å². The van der Waals surface area contributed by atoms with Crippen molar-refractivity contribution in [1.29, 1.82) is 0 Å². The van der Waals surface area contributed by atoms with Crippen LogP contribution in [0.3, 0.4) is 0 Å². The summed E-state index contributed by atoms with van der Waals surface area (Å²) in [6.45, 7) is 0.184. The molecule has 1 heterocycles. The second kappa shape index (κ2) is 15.6. The SMILES string of the molecule is CC1=NN(c2ccc(S(=O)(=O)CCOS(=O)(=O)O)cc2)CC([O-])=C1N=Nc1ccc2c(S(=O)(=O)[O-])cccc2c1S(=O)(=O)O.[K+].[Na+]. The Morgan fingerprint density at radius 1 is 0.913 bits per heavy atom. The normalized spacial score (nSPS) is 14.6. The molecule has 1 aliphatic rings. The van der Waals surface area contributed by atoms with Gasteiger partial charge >= 0.3 is 91.3 Å². The van der Waals surface area contributed by atoms with Crippen LogP contribution in [0.15, 0.2) is 96.1 Å². The van der Waals surface area contributed by atoms with Crippen molar-refractivity contribution in [3.8, 4) is 0 Å². The second-order valence-electron chi connectivity index (χ2n) is 8.97. The van der Waals surface area contributed by atoms with E-state index in [1.807, 2.05) is 0 Å². The van der Waals surface area contributed by atoms with E-state index in [1.54, 1.807) is 0 Å². The van der Waals surface area contributed by atoms with E-state index in [0.717, 1.165) is 30.3 Å². The molecule has 0 radical (unpaired) electrons. The van der Waals surface area contributed by atoms with Crippen LogP contribution in [0.2, 0.25) is 0 Å². The minimum absolute atomic E-state index is 0. The molecule has 0 saturated heterocycles. The molecular weight excluding hydrogens is 731 g/mol. The van der Waals surface area contributed by atoms with Crippen LogP contribution in [0.4, 0.5) is 11.4 Å². The van der Waals surface area contributed by atoms with E-state index in [4.69, 9.17) is 4.55 Å². The fraction of sp³-hybridized carbons (Fsp3) is 0.174. The van der Waals surface area contributed by atoms with Gasteiger partial charge in [0.1, 0.15) is 20.7 Å². The third-order valence-corrected chi connectivity index (χ3v) is 9.98. The van der Waals surface area contributed by atoms with Crippen molar-refractivity contribution < 1.29 is 138 Å². The zero-order valence-electron chi connectivity index (χ0n) is 24.1. The number of benzene rings is 3. The maximum absolute atomic E-state index is 12.9. The molecule has 0 amide bonds. The van der Waals surface area contributed by atoms with E-state index in [1.165, 1.54) is 36.2 Å². The first-order valence-corrected chi connectivity index (χ1v) is 17.7. The third kappa shape index (κ3) is 9.93. The quantitative estimate of drug-likeness (QED) is 0.112. The number of rotatable bonds is 10. The number of hydrazone groups is 1. The van der Waals surface area contributed by atoms with Crippen LogP contribution in [0.25, 0.3) is 10.8 Å². The fourth-order valence-electron chi connectivity index (χ4n) is 4.11. The number of hydrogen-bond acceptors (Lipinski definition) is 15. The molecule has 0 spiro atoms. The van der Waals surface area contributed by atoms with Gasteiger partial charge in [-0.25, -0.2) is 21.0 Å². The summed E-state index contributed by atoms with van der Waals surface area (Å²) < 4.78 is 128. The smallest absolute Gasteiger partial charge is 0.873 e. The van der Waals surface area contributed by atoms with E-state index >= 15 is 0 Å². The standard InChI is InChI=1S/C23H22N4O13S4.K.Na/c1-14-22(25-24-19-10-9-17-18(23(19)43(34,35)36)3-2-4-21(17)42(31,32)33)20(28)13-27(26-14)15-5-7-16(8-6-15)41(29,30)12-11-40-44(37,38)39;;/h2-10,28H,11-13H2,1H3,(H,31,32,33)(H,34,35,36)(H,37,38,39);;/q;2*+1/p-2. The summed E-state index contributed by atoms with van der Waals surface area (Å²) in [4.78, 5) is -1.76. The molecule has 3 aromatic rings. The van der Waals surface area contributed by atoms with Gasteiger partial charge in [0.25, 0.3) is 10.1 Å². The van der Waals surface area contributed by atoms with Gasteiger partial charge in [-0.15, -0.1) is 10.2 Å². The second-order valence-corrected chi connectivity index (χ2v) is 14.9. The number of azo groups is 1. The largest absolute Gasteiger partial charge is 1.00 e. The Morgan fingerprint density at radius 3 is 2.09 bits per heavy atom. The zero-order valence-corrected chi connectivity index (χ0v) is 32.5. The van der Waals surface area contributed by atoms with Gasteiger partial charge in [-0.05, 0) is 43.3 Å². The molecule has 17 nitrogen and oxygen atoms in total. The molecule has 23 heteroatoms. The molecule has 0 unspecified atom stereocenters. The molecule has 4 rings (SSSR count). The van der Waals surface area contributed by atoms with Crippen molar-refractivity contribution in [3.63, 3.8) is 0 Å². The average molecular weight is 751 g/mol. The van der Waals surface area contributed by atoms with E-state index in [2.05, 4.69) is 19.5 Å². The first-order chi connectivity index (χ1) is 20.3. The first kappa shape index (κ1) is 41.0. The minimum Gasteiger partial charge on any atom is -0.873 e. The molecule has 236 valence electrons. The van der Waals surface area contributed by atoms with Gasteiger partial charge in [0.2, 0.25) is 0 Å². The summed E-state index contributed by atoms with van der Waals surface area (Å²) in [6, 6.07) is 10.4. The van der Waals surface area contributed by atoms with Crippen LogP contribution in [-0.4, -0.2) is 71.9 Å². The third-order valence-electron chi connectivity index (χ3n) is 5.99. The first-order valence-electron chi connectivity index (χ1n) is 11.9. The topological polar surface area (TPSA) is 273 Å². The van der Waals surface area contributed by atoms with Crippen LogP contribution in [0.1, 0.15) is 6.92 Å². The van der Waals surface area contributed by atoms with Gasteiger partial charge in [-0.3, -0.25) is 14.1 Å². The van der Waals surface area contributed by atoms with Gasteiger partial charge in [-0.2, -0.15) is 21.9 Å². The van der Waals surface area contributed by atoms with E-state index in [0.29, 0.717) is 0 Å². The van der Waals surface area contributed by atoms with Gasteiger partial charge < -0.3 is 9.66 Å². The maximum Gasteiger partial charge on any atom is 1.00 e. The molecule has 46 heavy (non-hydrogen) atoms. The van der Waals surface area contributed by atoms with Crippen LogP contribution < -0.4 is 91.1 Å². The molecule has 1 aliphatic heterocycles. The summed E-state index contributed by atoms with van der Waals surface area (Å²) in [7, 11) is -18.9. The molecular formula is C23H20KN4NaO13S4. The monoisotopic (exact) mass is 750 g/mol. The molecule has 0 saturated carbocycles. The van der Waals surface area contributed by atoms with Crippen molar-refractivity contribution >= 4 is 68.3 Å². The molecule has 3 aromatic carbocycles. The van der Waals surface area contributed by atoms with Crippen LogP contribution >= 0.6 is 0 Å². The Labute approximate surface area is 328 Å². The van der Waals surface area contributed by atoms with Crippen LogP contribution in [-0.2, 0) is 44.7 Å². The number of anilines is 1. The van der Waals surface area contributed by atoms with Crippen molar-refractivity contribution in [3.05, 3.63) is 66.1 Å². The average Bonchev–Trinajstić information content (AvgIpc) is 2.90. The van der Waals surface area contributed by atoms with E-state index in [9.17, 15) is 47.9 Å². The predicted molar refractivity (Wildman–Crippen MR) is 150 cm³/mol. The zero-order chi connectivity index (χ0) is 32.7. The van der Waals surface area contributed by atoms with Crippen molar-refractivity contribution in [2.45, 2.75) is 21.6 Å². The summed E-state index contributed by atoms with van der Waals surface area (Å²) in [5.74, 6) is -1.38. The Kier molecular flexibility index (Phi) is 13.9. The Balaban J connectivity index is 0.00000368. The number of nitrogens with zero attached hydrogens (tertiary/aromatic N) is 4. The molecule has 0 bridgehead atoms. The van der Waals surface area contributed by atoms with Gasteiger partial charge in [0, 0.05) is 10.8 Å². The number of fused-ring (bicyclic) bond motifs is 1. The molecule has 0 aromatic heterocycles. The Hall–Kier alpha value is -1.19. The van der Waals surface area contributed by atoms with Crippen molar-refractivity contribution in [1.82, 2.24) is 0 Å². The fourth-order valence-corrected chi connectivity index (χ4v) is 7.12. The van der Waals surface area contributed by atoms with E-state index < -0.39 is 80.6 Å². The molecule has 0 fully saturated rings. The van der Waals surface area contributed by atoms with Crippen LogP contribution in [0.5, 0.6) is 0 Å². The van der Waals surface area contributed by atoms with E-state index in [-0.39, 0.29) is 114 Å². The molecule has 0 atom stereocenters. The molecule has 2 N–H and O–H groups in total. The van der Waals surface area contributed by atoms with Gasteiger partial charge in [-0.1, -0.05) is 24.0 Å². The number of sulfone groups is 1.